The average molecular weight is 607 g/mol. The third-order valence-electron chi connectivity index (χ3n) is 6.21. The van der Waals surface area contributed by atoms with E-state index in [0.29, 0.717) is 0 Å². The number of aromatic nitrogens is 2. The van der Waals surface area contributed by atoms with E-state index in [1.165, 1.54) is 26.0 Å². The van der Waals surface area contributed by atoms with Gasteiger partial charge in [-0.05, 0) is 32.9 Å². The summed E-state index contributed by atoms with van der Waals surface area (Å²) in [4.78, 5) is 55.2. The molecule has 0 saturated carbocycles. The molecule has 1 saturated heterocycles. The van der Waals surface area contributed by atoms with Crippen molar-refractivity contribution in [2.75, 3.05) is 6.61 Å². The second-order valence-electron chi connectivity index (χ2n) is 10.4. The van der Waals surface area contributed by atoms with Crippen LogP contribution in [0.2, 0.25) is 0 Å². The Balaban J connectivity index is 1.97. The van der Waals surface area contributed by atoms with E-state index in [4.69, 9.17) is 29.8 Å². The van der Waals surface area contributed by atoms with Crippen molar-refractivity contribution in [2.45, 2.75) is 77.7 Å². The molecule has 15 heteroatoms. The minimum absolute atomic E-state index is 0.163. The maximum absolute atomic E-state index is 14.0. The van der Waals surface area contributed by atoms with Gasteiger partial charge in [0, 0.05) is 19.2 Å². The van der Waals surface area contributed by atoms with E-state index < -0.39 is 79.6 Å². The fourth-order valence-electron chi connectivity index (χ4n) is 4.06. The van der Waals surface area contributed by atoms with Crippen LogP contribution in [0.3, 0.4) is 0 Å². The van der Waals surface area contributed by atoms with Crippen LogP contribution in [0.15, 0.2) is 52.2 Å². The SMILES string of the molecule is [C-]#[N+][C@]1(C)[C@H](OC(=O)C(C)C)[C@@H](CO[P@@](=O)(N[C@@H](C)C(=O)OC(C)C)Oc2ccccc2)O[C@H]1n1ccc(=O)[nH]c1=O. The molecule has 1 aromatic carbocycles. The largest absolute Gasteiger partial charge is 0.462 e. The predicted octanol–water partition coefficient (Wildman–Crippen LogP) is 2.81. The minimum Gasteiger partial charge on any atom is -0.462 e. The van der Waals surface area contributed by atoms with E-state index in [1.807, 2.05) is 0 Å². The molecule has 1 aliphatic rings. The van der Waals surface area contributed by atoms with Crippen molar-refractivity contribution in [3.63, 3.8) is 0 Å². The highest BCUT2D eigenvalue weighted by Gasteiger charge is 2.64. The molecule has 1 fully saturated rings. The number of benzene rings is 1. The van der Waals surface area contributed by atoms with Gasteiger partial charge in [-0.15, -0.1) is 0 Å². The minimum atomic E-state index is -4.35. The number of nitrogens with one attached hydrogen (secondary N) is 2. The van der Waals surface area contributed by atoms with Gasteiger partial charge < -0.3 is 23.6 Å². The van der Waals surface area contributed by atoms with Crippen LogP contribution in [0.25, 0.3) is 4.85 Å². The summed E-state index contributed by atoms with van der Waals surface area (Å²) in [6, 6.07) is 8.03. The second kappa shape index (κ2) is 13.5. The molecule has 42 heavy (non-hydrogen) atoms. The first-order valence-electron chi connectivity index (χ1n) is 13.2. The van der Waals surface area contributed by atoms with Gasteiger partial charge in [0.1, 0.15) is 17.9 Å². The van der Waals surface area contributed by atoms with E-state index in [2.05, 4.69) is 14.9 Å². The number of nitrogens with zero attached hydrogens (tertiary/aromatic N) is 2. The van der Waals surface area contributed by atoms with E-state index >= 15 is 0 Å². The van der Waals surface area contributed by atoms with Gasteiger partial charge in [0.15, 0.2) is 0 Å². The summed E-state index contributed by atoms with van der Waals surface area (Å²) < 4.78 is 43.3. The first kappa shape index (κ1) is 32.8. The quantitative estimate of drug-likeness (QED) is 0.207. The molecule has 1 aliphatic heterocycles. The predicted molar refractivity (Wildman–Crippen MR) is 149 cm³/mol. The number of rotatable bonds is 12. The van der Waals surface area contributed by atoms with Gasteiger partial charge in [-0.25, -0.2) is 15.9 Å². The summed E-state index contributed by atoms with van der Waals surface area (Å²) in [5.74, 6) is -1.76. The zero-order chi connectivity index (χ0) is 31.2. The lowest BCUT2D eigenvalue weighted by Gasteiger charge is -2.27. The van der Waals surface area contributed by atoms with E-state index in [1.54, 1.807) is 45.9 Å². The molecule has 0 aliphatic carbocycles. The Bertz CT molecular complexity index is 1470. The van der Waals surface area contributed by atoms with Crippen LogP contribution < -0.4 is 20.9 Å². The Labute approximate surface area is 242 Å². The van der Waals surface area contributed by atoms with Crippen LogP contribution in [-0.4, -0.2) is 58.0 Å². The Morgan fingerprint density at radius 2 is 1.81 bits per heavy atom. The first-order chi connectivity index (χ1) is 19.7. The molecule has 0 amide bonds. The Kier molecular flexibility index (Phi) is 10.5. The topological polar surface area (TPSA) is 169 Å². The summed E-state index contributed by atoms with van der Waals surface area (Å²) >= 11 is 0. The molecule has 6 atom stereocenters. The molecule has 228 valence electrons. The fourth-order valence-corrected chi connectivity index (χ4v) is 5.56. The highest BCUT2D eigenvalue weighted by atomic mass is 31.2. The van der Waals surface area contributed by atoms with Crippen molar-refractivity contribution < 1.29 is 37.4 Å². The summed E-state index contributed by atoms with van der Waals surface area (Å²) in [7, 11) is -4.35. The van der Waals surface area contributed by atoms with Gasteiger partial charge in [0.2, 0.25) is 12.3 Å². The van der Waals surface area contributed by atoms with Crippen molar-refractivity contribution in [1.82, 2.24) is 14.6 Å². The van der Waals surface area contributed by atoms with Crippen LogP contribution in [0, 0.1) is 12.5 Å². The molecular weight excluding hydrogens is 571 g/mol. The van der Waals surface area contributed by atoms with Gasteiger partial charge >= 0.3 is 30.9 Å². The number of hydrogen-bond acceptors (Lipinski definition) is 10. The normalized spacial score (nSPS) is 24.0. The number of ether oxygens (including phenoxy) is 3. The summed E-state index contributed by atoms with van der Waals surface area (Å²) in [6.45, 7) is 16.8. The molecule has 14 nitrogen and oxygen atoms in total. The molecule has 2 aromatic rings. The van der Waals surface area contributed by atoms with Crippen LogP contribution >= 0.6 is 7.75 Å². The molecule has 0 radical (unpaired) electrons. The summed E-state index contributed by atoms with van der Waals surface area (Å²) in [6.07, 6.45) is -3.14. The highest BCUT2D eigenvalue weighted by Crippen LogP contribution is 2.48. The fraction of sp³-hybridized carbons (Fsp3) is 0.519. The second-order valence-corrected chi connectivity index (χ2v) is 12.1. The highest BCUT2D eigenvalue weighted by molar-refractivity contribution is 7.52. The first-order valence-corrected chi connectivity index (χ1v) is 14.8. The van der Waals surface area contributed by atoms with Gasteiger partial charge in [0.05, 0.1) is 18.6 Å². The number of aromatic amines is 1. The third kappa shape index (κ3) is 7.74. The van der Waals surface area contributed by atoms with E-state index in [9.17, 15) is 23.7 Å². The number of H-pyrrole nitrogens is 1. The van der Waals surface area contributed by atoms with Gasteiger partial charge in [-0.2, -0.15) is 5.09 Å². The lowest BCUT2D eigenvalue weighted by atomic mass is 9.92. The molecule has 0 bridgehead atoms. The van der Waals surface area contributed by atoms with Crippen molar-refractivity contribution in [3.8, 4) is 5.75 Å². The van der Waals surface area contributed by atoms with Crippen molar-refractivity contribution >= 4 is 19.7 Å². The number of esters is 2. The van der Waals surface area contributed by atoms with Gasteiger partial charge in [-0.1, -0.05) is 32.0 Å². The standard InChI is InChI=1S/C27H35N4O10P/c1-16(2)23(33)40-22-20(39-25(27(22,6)28-7)31-14-13-21(32)29-26(31)35)15-37-42(36,41-19-11-9-8-10-12-19)30-18(5)24(34)38-17(3)4/h8-14,16-18,20,22,25H,15H2,1-6H3,(H,30,36)(H,29,32,35)/t18-,20+,22+,25+,27+,42-/m0/s1. The zero-order valence-electron chi connectivity index (χ0n) is 24.1. The van der Waals surface area contributed by atoms with Crippen LogP contribution in [0.1, 0.15) is 47.8 Å². The number of para-hydroxylation sites is 1. The maximum Gasteiger partial charge on any atom is 0.459 e. The maximum atomic E-state index is 14.0. The summed E-state index contributed by atoms with van der Waals surface area (Å²) in [5, 5.41) is 2.56. The van der Waals surface area contributed by atoms with Crippen LogP contribution in [0.5, 0.6) is 5.75 Å². The summed E-state index contributed by atoms with van der Waals surface area (Å²) in [5.41, 5.74) is -3.18. The Hall–Kier alpha value is -3.76. The molecule has 1 aromatic heterocycles. The lowest BCUT2D eigenvalue weighted by molar-refractivity contribution is -0.158. The smallest absolute Gasteiger partial charge is 0.459 e. The number of carbonyl (C=O) groups excluding carboxylic acids is 2. The molecule has 0 spiro atoms. The zero-order valence-corrected chi connectivity index (χ0v) is 25.0. The van der Waals surface area contributed by atoms with Crippen LogP contribution in [-0.2, 0) is 32.9 Å². The monoisotopic (exact) mass is 606 g/mol. The molecule has 3 rings (SSSR count). The lowest BCUT2D eigenvalue weighted by Crippen LogP contribution is -2.47. The molecule has 0 unspecified atom stereocenters. The van der Waals surface area contributed by atoms with Gasteiger partial charge in [0.25, 0.3) is 5.56 Å². The molecule has 2 N–H and O–H groups in total. The van der Waals surface area contributed by atoms with Crippen LogP contribution in [0.4, 0.5) is 0 Å². The average Bonchev–Trinajstić information content (AvgIpc) is 3.19. The third-order valence-corrected chi connectivity index (χ3v) is 7.86. The molecule has 2 heterocycles. The van der Waals surface area contributed by atoms with Gasteiger partial charge in [-0.3, -0.25) is 28.5 Å². The van der Waals surface area contributed by atoms with Crippen molar-refractivity contribution in [2.24, 2.45) is 5.92 Å². The Morgan fingerprint density at radius 1 is 1.14 bits per heavy atom. The number of hydrogen-bond donors (Lipinski definition) is 2. The number of carbonyl (C=O) groups is 2. The van der Waals surface area contributed by atoms with Crippen molar-refractivity contribution in [3.05, 3.63) is 74.9 Å². The van der Waals surface area contributed by atoms with Crippen molar-refractivity contribution in [1.29, 1.82) is 0 Å². The molecular formula is C27H35N4O10P. The Morgan fingerprint density at radius 3 is 2.38 bits per heavy atom. The van der Waals surface area contributed by atoms with E-state index in [-0.39, 0.29) is 5.75 Å². The van der Waals surface area contributed by atoms with E-state index in [0.717, 1.165) is 16.8 Å².